The lowest BCUT2D eigenvalue weighted by molar-refractivity contribution is -0.385. The van der Waals surface area contributed by atoms with Gasteiger partial charge in [0.25, 0.3) is 23.2 Å². The smallest absolute Gasteiger partial charge is 0.269 e. The number of nitrogens with zero attached hydrogens (tertiary/aromatic N) is 2. The van der Waals surface area contributed by atoms with E-state index >= 15 is 0 Å². The maximum absolute atomic E-state index is 13.1. The third-order valence-electron chi connectivity index (χ3n) is 7.99. The Morgan fingerprint density at radius 1 is 0.481 bits per heavy atom. The number of non-ortho nitro benzene ring substituents is 2. The van der Waals surface area contributed by atoms with E-state index in [9.17, 15) is 29.8 Å². The molecule has 1 heterocycles. The van der Waals surface area contributed by atoms with Gasteiger partial charge in [0.05, 0.1) is 21.2 Å². The van der Waals surface area contributed by atoms with E-state index in [2.05, 4.69) is 26.6 Å². The van der Waals surface area contributed by atoms with Crippen LogP contribution in [0.2, 0.25) is 0 Å². The maximum Gasteiger partial charge on any atom is 0.269 e. The number of nitro benzene ring substituents is 2. The van der Waals surface area contributed by atoms with Gasteiger partial charge in [-0.3, -0.25) is 29.8 Å². The zero-order valence-corrected chi connectivity index (χ0v) is 27.0. The molecule has 5 N–H and O–H groups in total. The molecule has 14 nitrogen and oxygen atoms in total. The van der Waals surface area contributed by atoms with Crippen molar-refractivity contribution >= 4 is 68.7 Å². The summed E-state index contributed by atoms with van der Waals surface area (Å²) >= 11 is 0. The number of benzene rings is 6. The van der Waals surface area contributed by atoms with Gasteiger partial charge in [-0.15, -0.1) is 0 Å². The summed E-state index contributed by atoms with van der Waals surface area (Å²) in [6.07, 6.45) is 0. The molecule has 1 aliphatic heterocycles. The highest BCUT2D eigenvalue weighted by Gasteiger charge is 2.20. The number of anilines is 8. The molecule has 6 aromatic rings. The summed E-state index contributed by atoms with van der Waals surface area (Å²) in [4.78, 5) is 47.0. The molecule has 256 valence electrons. The van der Waals surface area contributed by atoms with E-state index in [-0.39, 0.29) is 23.2 Å². The van der Waals surface area contributed by atoms with E-state index in [1.54, 1.807) is 109 Å². The van der Waals surface area contributed by atoms with E-state index in [4.69, 9.17) is 4.74 Å². The number of fused-ring (bicyclic) bond motifs is 2. The van der Waals surface area contributed by atoms with Crippen LogP contribution >= 0.6 is 0 Å². The lowest BCUT2D eigenvalue weighted by atomic mass is 10.1. The van der Waals surface area contributed by atoms with Crippen LogP contribution in [0.25, 0.3) is 0 Å². The van der Waals surface area contributed by atoms with Crippen LogP contribution in [0.3, 0.4) is 0 Å². The number of hydrogen-bond acceptors (Lipinski definition) is 10. The predicted molar refractivity (Wildman–Crippen MR) is 198 cm³/mol. The number of amides is 2. The van der Waals surface area contributed by atoms with Crippen molar-refractivity contribution in [1.82, 2.24) is 0 Å². The summed E-state index contributed by atoms with van der Waals surface area (Å²) < 4.78 is 6.08. The van der Waals surface area contributed by atoms with Gasteiger partial charge in [0, 0.05) is 69.5 Å². The predicted octanol–water partition coefficient (Wildman–Crippen LogP) is 9.34. The lowest BCUT2D eigenvalue weighted by Crippen LogP contribution is -2.14. The third-order valence-corrected chi connectivity index (χ3v) is 7.99. The summed E-state index contributed by atoms with van der Waals surface area (Å²) in [5.74, 6) is 0.269. The Balaban J connectivity index is 0.941. The molecule has 0 radical (unpaired) electrons. The van der Waals surface area contributed by atoms with Gasteiger partial charge < -0.3 is 31.3 Å². The first-order valence-corrected chi connectivity index (χ1v) is 15.8. The Morgan fingerprint density at radius 3 is 1.35 bits per heavy atom. The fraction of sp³-hybridized carbons (Fsp3) is 0. The largest absolute Gasteiger partial charge is 0.453 e. The summed E-state index contributed by atoms with van der Waals surface area (Å²) in [6.45, 7) is 0. The molecule has 0 fully saturated rings. The van der Waals surface area contributed by atoms with Gasteiger partial charge in [0.1, 0.15) is 0 Å². The van der Waals surface area contributed by atoms with Gasteiger partial charge in [-0.05, 0) is 109 Å². The molecule has 0 bridgehead atoms. The minimum Gasteiger partial charge on any atom is -0.453 e. The Bertz CT molecular complexity index is 2160. The second kappa shape index (κ2) is 14.0. The minimum atomic E-state index is -0.457. The van der Waals surface area contributed by atoms with E-state index in [0.29, 0.717) is 56.8 Å². The zero-order chi connectivity index (χ0) is 36.2. The summed E-state index contributed by atoms with van der Waals surface area (Å²) in [6, 6.07) is 36.2. The molecule has 2 amide bonds. The molecule has 0 aromatic heterocycles. The average molecular weight is 694 g/mol. The molecule has 1 aliphatic rings. The van der Waals surface area contributed by atoms with E-state index in [0.717, 1.165) is 11.4 Å². The Hall–Kier alpha value is -7.74. The monoisotopic (exact) mass is 693 g/mol. The SMILES string of the molecule is O=C(Nc1ccc(Nc2ccc([N+](=O)[O-])cc2)cc1)c1ccc2c(c1)Nc1ccc(C(=O)Nc3ccc(Nc4ccc([N+](=O)[O-])cc4)cc3)cc1O2. The summed E-state index contributed by atoms with van der Waals surface area (Å²) in [5, 5.41) is 37.1. The van der Waals surface area contributed by atoms with Gasteiger partial charge in [0.15, 0.2) is 11.5 Å². The van der Waals surface area contributed by atoms with Gasteiger partial charge in [0.2, 0.25) is 0 Å². The van der Waals surface area contributed by atoms with Crippen LogP contribution in [0.4, 0.5) is 56.9 Å². The van der Waals surface area contributed by atoms with E-state index in [1.165, 1.54) is 24.3 Å². The van der Waals surface area contributed by atoms with Crippen LogP contribution in [0.5, 0.6) is 11.5 Å². The Kier molecular flexibility index (Phi) is 8.83. The van der Waals surface area contributed by atoms with Crippen molar-refractivity contribution in [3.05, 3.63) is 165 Å². The Morgan fingerprint density at radius 2 is 0.885 bits per heavy atom. The molecule has 14 heteroatoms. The normalized spacial score (nSPS) is 11.1. The molecule has 52 heavy (non-hydrogen) atoms. The van der Waals surface area contributed by atoms with Crippen molar-refractivity contribution in [2.75, 3.05) is 26.6 Å². The fourth-order valence-electron chi connectivity index (χ4n) is 5.32. The number of nitro groups is 2. The molecular weight excluding hydrogens is 666 g/mol. The van der Waals surface area contributed by atoms with Crippen molar-refractivity contribution in [3.63, 3.8) is 0 Å². The third kappa shape index (κ3) is 7.45. The molecule has 0 spiro atoms. The number of hydrogen-bond donors (Lipinski definition) is 5. The van der Waals surface area contributed by atoms with Gasteiger partial charge in [-0.1, -0.05) is 0 Å². The van der Waals surface area contributed by atoms with Crippen LogP contribution in [-0.4, -0.2) is 21.7 Å². The van der Waals surface area contributed by atoms with Crippen LogP contribution in [0.1, 0.15) is 20.7 Å². The first-order chi connectivity index (χ1) is 25.2. The van der Waals surface area contributed by atoms with Crippen molar-refractivity contribution < 1.29 is 24.2 Å². The number of carbonyl (C=O) groups is 2. The minimum absolute atomic E-state index is 0.00438. The molecule has 0 atom stereocenters. The van der Waals surface area contributed by atoms with Crippen molar-refractivity contribution in [2.45, 2.75) is 0 Å². The first-order valence-electron chi connectivity index (χ1n) is 15.8. The first kappa shape index (κ1) is 32.8. The molecule has 0 unspecified atom stereocenters. The van der Waals surface area contributed by atoms with Gasteiger partial charge in [-0.25, -0.2) is 0 Å². The second-order valence-electron chi connectivity index (χ2n) is 11.6. The topological polar surface area (TPSA) is 190 Å². The maximum atomic E-state index is 13.1. The van der Waals surface area contributed by atoms with E-state index < -0.39 is 9.85 Å². The van der Waals surface area contributed by atoms with Crippen LogP contribution in [-0.2, 0) is 0 Å². The quantitative estimate of drug-likeness (QED) is 0.0681. The van der Waals surface area contributed by atoms with Crippen LogP contribution in [0.15, 0.2) is 133 Å². The summed E-state index contributed by atoms with van der Waals surface area (Å²) in [5.41, 5.74) is 6.00. The second-order valence-corrected chi connectivity index (χ2v) is 11.6. The molecule has 0 aliphatic carbocycles. The Labute approximate surface area is 295 Å². The van der Waals surface area contributed by atoms with Gasteiger partial charge >= 0.3 is 0 Å². The number of ether oxygens (including phenoxy) is 1. The highest BCUT2D eigenvalue weighted by molar-refractivity contribution is 6.06. The van der Waals surface area contributed by atoms with Crippen LogP contribution in [0, 0.1) is 20.2 Å². The molecule has 7 rings (SSSR count). The molecule has 6 aromatic carbocycles. The van der Waals surface area contributed by atoms with Gasteiger partial charge in [-0.2, -0.15) is 0 Å². The van der Waals surface area contributed by atoms with Crippen molar-refractivity contribution in [1.29, 1.82) is 0 Å². The molecule has 0 saturated carbocycles. The average Bonchev–Trinajstić information content (AvgIpc) is 3.15. The van der Waals surface area contributed by atoms with Crippen molar-refractivity contribution in [2.24, 2.45) is 0 Å². The van der Waals surface area contributed by atoms with Crippen LogP contribution < -0.4 is 31.3 Å². The highest BCUT2D eigenvalue weighted by atomic mass is 16.6. The highest BCUT2D eigenvalue weighted by Crippen LogP contribution is 2.42. The standard InChI is InChI=1S/C38H27N7O7/c46-37(41-29-7-3-25(4-8-29)39-27-11-15-31(16-12-27)44(48)49)23-2-20-35-34(21-23)43-33-19-1-24(22-36(33)52-35)38(47)42-30-9-5-26(6-10-30)40-28-13-17-32(18-14-28)45(50)51/h1-22,39-40,43H,(H,41,46)(H,42,47). The fourth-order valence-corrected chi connectivity index (χ4v) is 5.32. The zero-order valence-electron chi connectivity index (χ0n) is 27.0. The number of carbonyl (C=O) groups excluding carboxylic acids is 2. The molecular formula is C38H27N7O7. The summed E-state index contributed by atoms with van der Waals surface area (Å²) in [7, 11) is 0. The van der Waals surface area contributed by atoms with Crippen molar-refractivity contribution in [3.8, 4) is 11.5 Å². The number of rotatable bonds is 10. The molecule has 0 saturated heterocycles. The number of nitrogens with one attached hydrogen (secondary N) is 5. The lowest BCUT2D eigenvalue weighted by Gasteiger charge is -2.23. The van der Waals surface area contributed by atoms with E-state index in [1.807, 2.05) is 0 Å².